The van der Waals surface area contributed by atoms with E-state index in [0.29, 0.717) is 18.2 Å². The minimum absolute atomic E-state index is 0.161. The molecular formula is C12H19N3OS. The predicted molar refractivity (Wildman–Crippen MR) is 73.9 cm³/mol. The van der Waals surface area contributed by atoms with E-state index in [0.717, 1.165) is 5.76 Å². The average molecular weight is 253 g/mol. The van der Waals surface area contributed by atoms with Gasteiger partial charge in [-0.2, -0.15) is 0 Å². The fourth-order valence-corrected chi connectivity index (χ4v) is 1.60. The lowest BCUT2D eigenvalue weighted by Crippen LogP contribution is -2.40. The Morgan fingerprint density at radius 2 is 2.35 bits per heavy atom. The zero-order valence-electron chi connectivity index (χ0n) is 10.3. The Morgan fingerprint density at radius 3 is 2.88 bits per heavy atom. The second-order valence-corrected chi connectivity index (χ2v) is 4.28. The van der Waals surface area contributed by atoms with Crippen molar-refractivity contribution in [2.75, 3.05) is 27.2 Å². The van der Waals surface area contributed by atoms with E-state index in [2.05, 4.69) is 22.1 Å². The molecule has 0 aliphatic heterocycles. The van der Waals surface area contributed by atoms with Crippen molar-refractivity contribution in [2.45, 2.75) is 6.04 Å². The molecule has 2 N–H and O–H groups in total. The van der Waals surface area contributed by atoms with Gasteiger partial charge in [-0.1, -0.05) is 6.08 Å². The first-order chi connectivity index (χ1) is 8.15. The van der Waals surface area contributed by atoms with Crippen LogP contribution < -0.4 is 10.6 Å². The Labute approximate surface area is 108 Å². The number of nitrogens with zero attached hydrogens (tertiary/aromatic N) is 1. The molecule has 0 saturated carbocycles. The van der Waals surface area contributed by atoms with Gasteiger partial charge in [-0.25, -0.2) is 0 Å². The minimum Gasteiger partial charge on any atom is -0.468 e. The van der Waals surface area contributed by atoms with Gasteiger partial charge in [0.25, 0.3) is 0 Å². The summed E-state index contributed by atoms with van der Waals surface area (Å²) in [6.45, 7) is 4.99. The fraction of sp³-hybridized carbons (Fsp3) is 0.417. The average Bonchev–Trinajstić information content (AvgIpc) is 2.79. The molecule has 0 spiro atoms. The second kappa shape index (κ2) is 7.09. The van der Waals surface area contributed by atoms with Crippen molar-refractivity contribution < 1.29 is 4.42 Å². The van der Waals surface area contributed by atoms with Crippen molar-refractivity contribution in [1.29, 1.82) is 0 Å². The van der Waals surface area contributed by atoms with Gasteiger partial charge in [0.1, 0.15) is 5.76 Å². The van der Waals surface area contributed by atoms with Crippen LogP contribution in [-0.4, -0.2) is 37.2 Å². The number of thiocarbonyl (C=S) groups is 1. The van der Waals surface area contributed by atoms with Crippen LogP contribution in [0.3, 0.4) is 0 Å². The molecular weight excluding hydrogens is 234 g/mol. The Kier molecular flexibility index (Phi) is 5.72. The normalized spacial score (nSPS) is 12.2. The molecule has 94 valence electrons. The van der Waals surface area contributed by atoms with Crippen molar-refractivity contribution >= 4 is 17.3 Å². The highest BCUT2D eigenvalue weighted by Crippen LogP contribution is 2.17. The molecule has 1 aromatic heterocycles. The molecule has 1 heterocycles. The van der Waals surface area contributed by atoms with Crippen molar-refractivity contribution in [3.8, 4) is 0 Å². The smallest absolute Gasteiger partial charge is 0.166 e. The molecule has 1 aromatic rings. The minimum atomic E-state index is 0.161. The highest BCUT2D eigenvalue weighted by molar-refractivity contribution is 7.80. The number of rotatable bonds is 6. The highest BCUT2D eigenvalue weighted by Gasteiger charge is 2.16. The second-order valence-electron chi connectivity index (χ2n) is 3.87. The van der Waals surface area contributed by atoms with Crippen LogP contribution in [0.15, 0.2) is 35.5 Å². The van der Waals surface area contributed by atoms with E-state index in [-0.39, 0.29) is 6.04 Å². The number of nitrogens with one attached hydrogen (secondary N) is 2. The van der Waals surface area contributed by atoms with Crippen LogP contribution >= 0.6 is 12.2 Å². The molecule has 0 saturated heterocycles. The van der Waals surface area contributed by atoms with Crippen molar-refractivity contribution in [3.05, 3.63) is 36.8 Å². The lowest BCUT2D eigenvalue weighted by Gasteiger charge is -2.23. The molecule has 0 bridgehead atoms. The van der Waals surface area contributed by atoms with Crippen molar-refractivity contribution in [1.82, 2.24) is 15.5 Å². The summed E-state index contributed by atoms with van der Waals surface area (Å²) >= 11 is 5.13. The van der Waals surface area contributed by atoms with Gasteiger partial charge in [-0.3, -0.25) is 4.90 Å². The summed E-state index contributed by atoms with van der Waals surface area (Å²) in [6, 6.07) is 4.01. The van der Waals surface area contributed by atoms with Gasteiger partial charge in [0.05, 0.1) is 12.3 Å². The molecule has 4 nitrogen and oxygen atoms in total. The highest BCUT2D eigenvalue weighted by atomic mass is 32.1. The molecule has 0 aromatic carbocycles. The Balaban J connectivity index is 2.46. The van der Waals surface area contributed by atoms with Crippen molar-refractivity contribution in [3.63, 3.8) is 0 Å². The zero-order valence-corrected chi connectivity index (χ0v) is 11.1. The first-order valence-corrected chi connectivity index (χ1v) is 5.88. The van der Waals surface area contributed by atoms with Gasteiger partial charge in [0, 0.05) is 13.1 Å². The maximum absolute atomic E-state index is 5.41. The van der Waals surface area contributed by atoms with Crippen LogP contribution in [0.1, 0.15) is 11.8 Å². The SMILES string of the molecule is C=CCNC(=S)NC[C@@H](c1ccco1)N(C)C. The third kappa shape index (κ3) is 4.58. The fourth-order valence-electron chi connectivity index (χ4n) is 1.44. The predicted octanol–water partition coefficient (Wildman–Crippen LogP) is 1.53. The maximum Gasteiger partial charge on any atom is 0.166 e. The Hall–Kier alpha value is -1.33. The molecule has 1 rings (SSSR count). The van der Waals surface area contributed by atoms with Gasteiger partial charge < -0.3 is 15.1 Å². The molecule has 0 aliphatic carbocycles. The van der Waals surface area contributed by atoms with E-state index < -0.39 is 0 Å². The largest absolute Gasteiger partial charge is 0.468 e. The van der Waals surface area contributed by atoms with E-state index in [4.69, 9.17) is 16.6 Å². The quantitative estimate of drug-likeness (QED) is 0.594. The molecule has 0 radical (unpaired) electrons. The van der Waals surface area contributed by atoms with Crippen LogP contribution in [0.2, 0.25) is 0 Å². The summed E-state index contributed by atoms with van der Waals surface area (Å²) < 4.78 is 5.41. The standard InChI is InChI=1S/C12H19N3OS/c1-4-7-13-12(17)14-9-10(15(2)3)11-6-5-8-16-11/h4-6,8,10H,1,7,9H2,2-3H3,(H2,13,14,17)/t10-/m0/s1. The Morgan fingerprint density at radius 1 is 1.59 bits per heavy atom. The molecule has 0 amide bonds. The van der Waals surface area contributed by atoms with Gasteiger partial charge in [-0.15, -0.1) is 6.58 Å². The van der Waals surface area contributed by atoms with E-state index in [1.54, 1.807) is 12.3 Å². The molecule has 17 heavy (non-hydrogen) atoms. The molecule has 5 heteroatoms. The summed E-state index contributed by atoms with van der Waals surface area (Å²) in [7, 11) is 4.02. The first-order valence-electron chi connectivity index (χ1n) is 5.47. The summed E-state index contributed by atoms with van der Waals surface area (Å²) in [6.07, 6.45) is 3.45. The van der Waals surface area contributed by atoms with E-state index in [9.17, 15) is 0 Å². The zero-order chi connectivity index (χ0) is 12.7. The van der Waals surface area contributed by atoms with Gasteiger partial charge >= 0.3 is 0 Å². The van der Waals surface area contributed by atoms with Crippen LogP contribution in [-0.2, 0) is 0 Å². The topological polar surface area (TPSA) is 40.4 Å². The third-order valence-corrected chi connectivity index (χ3v) is 2.65. The van der Waals surface area contributed by atoms with Crippen molar-refractivity contribution in [2.24, 2.45) is 0 Å². The lowest BCUT2D eigenvalue weighted by atomic mass is 10.2. The van der Waals surface area contributed by atoms with Crippen LogP contribution in [0.5, 0.6) is 0 Å². The Bertz CT molecular complexity index is 349. The van der Waals surface area contributed by atoms with Crippen LogP contribution in [0.4, 0.5) is 0 Å². The summed E-state index contributed by atoms with van der Waals surface area (Å²) in [5.74, 6) is 0.925. The maximum atomic E-state index is 5.41. The molecule has 0 fully saturated rings. The lowest BCUT2D eigenvalue weighted by molar-refractivity contribution is 0.258. The van der Waals surface area contributed by atoms with Gasteiger partial charge in [-0.05, 0) is 38.4 Å². The number of furan rings is 1. The van der Waals surface area contributed by atoms with Gasteiger partial charge in [0.2, 0.25) is 0 Å². The number of hydrogen-bond acceptors (Lipinski definition) is 3. The molecule has 1 atom stereocenters. The summed E-state index contributed by atoms with van der Waals surface area (Å²) in [5, 5.41) is 6.81. The van der Waals surface area contributed by atoms with Gasteiger partial charge in [0.15, 0.2) is 5.11 Å². The van der Waals surface area contributed by atoms with E-state index in [1.165, 1.54) is 0 Å². The summed E-state index contributed by atoms with van der Waals surface area (Å²) in [5.41, 5.74) is 0. The van der Waals surface area contributed by atoms with E-state index in [1.807, 2.05) is 26.2 Å². The third-order valence-electron chi connectivity index (χ3n) is 2.36. The summed E-state index contributed by atoms with van der Waals surface area (Å²) in [4.78, 5) is 2.09. The van der Waals surface area contributed by atoms with Crippen LogP contribution in [0.25, 0.3) is 0 Å². The van der Waals surface area contributed by atoms with Crippen LogP contribution in [0, 0.1) is 0 Å². The first kappa shape index (κ1) is 13.7. The molecule has 0 aliphatic rings. The molecule has 0 unspecified atom stereocenters. The number of likely N-dealkylation sites (N-methyl/N-ethyl adjacent to an activating group) is 1. The monoisotopic (exact) mass is 253 g/mol. The number of hydrogen-bond donors (Lipinski definition) is 2. The van der Waals surface area contributed by atoms with E-state index >= 15 is 0 Å².